The molecule has 0 atom stereocenters. The molecule has 0 fully saturated rings. The van der Waals surface area contributed by atoms with Crippen molar-refractivity contribution in [3.05, 3.63) is 18.2 Å². The Kier molecular flexibility index (Phi) is 4.96. The molecule has 5 N–H and O–H groups in total. The first-order valence-electron chi connectivity index (χ1n) is 6.04. The van der Waals surface area contributed by atoms with E-state index in [1.807, 2.05) is 13.8 Å². The molecule has 0 saturated heterocycles. The summed E-state index contributed by atoms with van der Waals surface area (Å²) in [4.78, 5) is 13.1. The largest absolute Gasteiger partial charge is 0.396 e. The minimum Gasteiger partial charge on any atom is -0.396 e. The first kappa shape index (κ1) is 16.3. The summed E-state index contributed by atoms with van der Waals surface area (Å²) in [6.45, 7) is 3.78. The summed E-state index contributed by atoms with van der Waals surface area (Å²) in [6, 6.07) is 4.52. The Hall–Kier alpha value is -1.80. The monoisotopic (exact) mass is 300 g/mol. The average Bonchev–Trinajstić information content (AvgIpc) is 2.25. The number of nitrogens with two attached hydrogens (primary N) is 2. The van der Waals surface area contributed by atoms with Gasteiger partial charge in [-0.1, -0.05) is 6.07 Å². The van der Waals surface area contributed by atoms with E-state index >= 15 is 0 Å². The molecule has 0 unspecified atom stereocenters. The molecule has 0 aliphatic rings. The van der Waals surface area contributed by atoms with Gasteiger partial charge in [-0.15, -0.1) is 0 Å². The molecule has 0 bridgehead atoms. The van der Waals surface area contributed by atoms with Gasteiger partial charge in [0, 0.05) is 13.1 Å². The van der Waals surface area contributed by atoms with Gasteiger partial charge < -0.3 is 16.0 Å². The molecule has 0 aliphatic carbocycles. The number of primary sulfonamides is 1. The van der Waals surface area contributed by atoms with Crippen molar-refractivity contribution in [1.82, 2.24) is 5.32 Å². The lowest BCUT2D eigenvalue weighted by Gasteiger charge is -2.22. The number of hydrogen-bond acceptors (Lipinski definition) is 5. The molecular formula is C12H20N4O3S. The van der Waals surface area contributed by atoms with Crippen LogP contribution < -0.4 is 21.1 Å². The summed E-state index contributed by atoms with van der Waals surface area (Å²) in [6.07, 6.45) is 0. The molecular weight excluding hydrogens is 280 g/mol. The molecule has 0 aromatic heterocycles. The van der Waals surface area contributed by atoms with Crippen LogP contribution in [-0.4, -0.2) is 34.0 Å². The lowest BCUT2D eigenvalue weighted by molar-refractivity contribution is -0.120. The Morgan fingerprint density at radius 1 is 1.40 bits per heavy atom. The zero-order valence-electron chi connectivity index (χ0n) is 11.8. The topological polar surface area (TPSA) is 119 Å². The predicted molar refractivity (Wildman–Crippen MR) is 78.8 cm³/mol. The van der Waals surface area contributed by atoms with Gasteiger partial charge in [-0.05, 0) is 26.0 Å². The molecule has 1 aromatic carbocycles. The van der Waals surface area contributed by atoms with Gasteiger partial charge in [-0.25, -0.2) is 13.6 Å². The summed E-state index contributed by atoms with van der Waals surface area (Å²) in [5.41, 5.74) is 6.29. The van der Waals surface area contributed by atoms with Crippen molar-refractivity contribution in [2.45, 2.75) is 24.8 Å². The number of anilines is 2. The molecule has 0 heterocycles. The fourth-order valence-electron chi connectivity index (χ4n) is 1.78. The Labute approximate surface area is 119 Å². The van der Waals surface area contributed by atoms with E-state index < -0.39 is 10.0 Å². The van der Waals surface area contributed by atoms with Crippen molar-refractivity contribution < 1.29 is 13.2 Å². The molecule has 0 saturated carbocycles. The zero-order chi connectivity index (χ0) is 15.5. The van der Waals surface area contributed by atoms with Crippen LogP contribution in [0.15, 0.2) is 23.1 Å². The Bertz CT molecular complexity index is 599. The number of carbonyl (C=O) groups is 1. The highest BCUT2D eigenvalue weighted by molar-refractivity contribution is 7.89. The molecule has 1 amide bonds. The highest BCUT2D eigenvalue weighted by Gasteiger charge is 2.18. The molecule has 0 spiro atoms. The number of nitrogen functional groups attached to an aromatic ring is 1. The third-order valence-electron chi connectivity index (χ3n) is 2.59. The van der Waals surface area contributed by atoms with Gasteiger partial charge in [0.15, 0.2) is 0 Å². The second-order valence-corrected chi connectivity index (χ2v) is 6.34. The molecule has 8 heteroatoms. The van der Waals surface area contributed by atoms with Gasteiger partial charge in [0.25, 0.3) is 0 Å². The van der Waals surface area contributed by atoms with E-state index in [4.69, 9.17) is 10.9 Å². The van der Waals surface area contributed by atoms with E-state index in [0.717, 1.165) is 0 Å². The van der Waals surface area contributed by atoms with Crippen molar-refractivity contribution in [2.24, 2.45) is 5.14 Å². The number of nitrogens with one attached hydrogen (secondary N) is 1. The Morgan fingerprint density at radius 3 is 2.50 bits per heavy atom. The average molecular weight is 300 g/mol. The van der Waals surface area contributed by atoms with Gasteiger partial charge in [0.2, 0.25) is 15.9 Å². The third-order valence-corrected chi connectivity index (χ3v) is 3.56. The maximum Gasteiger partial charge on any atom is 0.240 e. The molecule has 7 nitrogen and oxygen atoms in total. The van der Waals surface area contributed by atoms with E-state index in [0.29, 0.717) is 5.69 Å². The first-order chi connectivity index (χ1) is 9.12. The van der Waals surface area contributed by atoms with E-state index in [-0.39, 0.29) is 29.1 Å². The number of para-hydroxylation sites is 1. The lowest BCUT2D eigenvalue weighted by atomic mass is 10.2. The standard InChI is InChI=1S/C12H20N4O3S/c1-8(2)15-11(17)7-16(3)9-5-4-6-10(12(9)13)20(14,18)19/h4-6,8H,7,13H2,1-3H3,(H,15,17)(H2,14,18,19). The summed E-state index contributed by atoms with van der Waals surface area (Å²) in [5.74, 6) is -0.178. The summed E-state index contributed by atoms with van der Waals surface area (Å²) >= 11 is 0. The van der Waals surface area contributed by atoms with Crippen molar-refractivity contribution in [2.75, 3.05) is 24.2 Å². The SMILES string of the molecule is CC(C)NC(=O)CN(C)c1cccc(S(N)(=O)=O)c1N. The Balaban J connectivity index is 3.00. The number of likely N-dealkylation sites (N-methyl/N-ethyl adjacent to an activating group) is 1. The second kappa shape index (κ2) is 6.10. The highest BCUT2D eigenvalue weighted by Crippen LogP contribution is 2.28. The molecule has 0 aliphatic heterocycles. The van der Waals surface area contributed by atoms with Gasteiger partial charge in [0.05, 0.1) is 17.9 Å². The number of hydrogen-bond donors (Lipinski definition) is 3. The number of rotatable bonds is 5. The number of nitrogens with zero attached hydrogens (tertiary/aromatic N) is 1. The fourth-order valence-corrected chi connectivity index (χ4v) is 2.46. The zero-order valence-corrected chi connectivity index (χ0v) is 12.6. The van der Waals surface area contributed by atoms with Gasteiger partial charge in [-0.3, -0.25) is 4.79 Å². The maximum atomic E-state index is 11.7. The third kappa shape index (κ3) is 4.10. The van der Waals surface area contributed by atoms with Crippen LogP contribution in [0.4, 0.5) is 11.4 Å². The van der Waals surface area contributed by atoms with Gasteiger partial charge in [0.1, 0.15) is 4.90 Å². The number of benzene rings is 1. The van der Waals surface area contributed by atoms with Crippen LogP contribution in [0.3, 0.4) is 0 Å². The summed E-state index contributed by atoms with van der Waals surface area (Å²) in [5, 5.41) is 7.83. The van der Waals surface area contributed by atoms with E-state index in [9.17, 15) is 13.2 Å². The number of amides is 1. The van der Waals surface area contributed by atoms with Crippen LogP contribution in [0.25, 0.3) is 0 Å². The number of carbonyl (C=O) groups excluding carboxylic acids is 1. The van der Waals surface area contributed by atoms with Crippen molar-refractivity contribution >= 4 is 27.3 Å². The molecule has 1 rings (SSSR count). The minimum absolute atomic E-state index is 0.0315. The fraction of sp³-hybridized carbons (Fsp3) is 0.417. The van der Waals surface area contributed by atoms with E-state index in [1.165, 1.54) is 12.1 Å². The molecule has 112 valence electrons. The van der Waals surface area contributed by atoms with Crippen molar-refractivity contribution in [3.8, 4) is 0 Å². The summed E-state index contributed by atoms with van der Waals surface area (Å²) in [7, 11) is -2.24. The van der Waals surface area contributed by atoms with Crippen LogP contribution in [0.5, 0.6) is 0 Å². The second-order valence-electron chi connectivity index (χ2n) is 4.81. The van der Waals surface area contributed by atoms with Gasteiger partial charge in [-0.2, -0.15) is 0 Å². The van der Waals surface area contributed by atoms with Crippen LogP contribution in [0.1, 0.15) is 13.8 Å². The minimum atomic E-state index is -3.89. The van der Waals surface area contributed by atoms with E-state index in [1.54, 1.807) is 18.0 Å². The quantitative estimate of drug-likeness (QED) is 0.655. The lowest BCUT2D eigenvalue weighted by Crippen LogP contribution is -2.38. The molecule has 1 aromatic rings. The normalized spacial score (nSPS) is 11.4. The predicted octanol–water partition coefficient (Wildman–Crippen LogP) is -0.123. The molecule has 0 radical (unpaired) electrons. The van der Waals surface area contributed by atoms with Crippen LogP contribution in [-0.2, 0) is 14.8 Å². The van der Waals surface area contributed by atoms with Crippen molar-refractivity contribution in [1.29, 1.82) is 0 Å². The molecule has 20 heavy (non-hydrogen) atoms. The van der Waals surface area contributed by atoms with Gasteiger partial charge >= 0.3 is 0 Å². The van der Waals surface area contributed by atoms with Crippen LogP contribution >= 0.6 is 0 Å². The smallest absolute Gasteiger partial charge is 0.240 e. The first-order valence-corrected chi connectivity index (χ1v) is 7.59. The van der Waals surface area contributed by atoms with Crippen molar-refractivity contribution in [3.63, 3.8) is 0 Å². The number of sulfonamides is 1. The van der Waals surface area contributed by atoms with Crippen LogP contribution in [0, 0.1) is 0 Å². The van der Waals surface area contributed by atoms with Crippen LogP contribution in [0.2, 0.25) is 0 Å². The Morgan fingerprint density at radius 2 is 2.00 bits per heavy atom. The highest BCUT2D eigenvalue weighted by atomic mass is 32.2. The summed E-state index contributed by atoms with van der Waals surface area (Å²) < 4.78 is 22.8. The maximum absolute atomic E-state index is 11.7. The van der Waals surface area contributed by atoms with E-state index in [2.05, 4.69) is 5.32 Å².